The smallest absolute Gasteiger partial charge is 0.308 e. The van der Waals surface area contributed by atoms with E-state index in [1.165, 1.54) is 12.3 Å². The standard InChI is InChI=1S/C14H15N3O3/c1-2-20-13-6-3-11(4-7-13)9-15-14-8-5-12(10-16-14)17(18)19/h3-8,10H,2,9H2,1H3,(H,15,16)/p+1. The molecule has 2 aromatic rings. The van der Waals surface area contributed by atoms with E-state index in [-0.39, 0.29) is 5.69 Å². The van der Waals surface area contributed by atoms with Crippen molar-refractivity contribution in [2.24, 2.45) is 0 Å². The van der Waals surface area contributed by atoms with Crippen molar-refractivity contribution in [2.75, 3.05) is 11.9 Å². The molecule has 0 saturated heterocycles. The Morgan fingerprint density at radius 1 is 1.25 bits per heavy atom. The molecule has 0 bridgehead atoms. The van der Waals surface area contributed by atoms with Gasteiger partial charge in [-0.3, -0.25) is 15.4 Å². The molecule has 104 valence electrons. The lowest BCUT2D eigenvalue weighted by Crippen LogP contribution is -2.13. The van der Waals surface area contributed by atoms with Crippen LogP contribution in [0.3, 0.4) is 0 Å². The molecule has 0 fully saturated rings. The second kappa shape index (κ2) is 6.51. The molecule has 0 aliphatic rings. The second-order valence-corrected chi connectivity index (χ2v) is 4.15. The number of hydrogen-bond donors (Lipinski definition) is 1. The first-order valence-electron chi connectivity index (χ1n) is 6.31. The maximum absolute atomic E-state index is 10.5. The maximum Gasteiger partial charge on any atom is 0.308 e. The fourth-order valence-corrected chi connectivity index (χ4v) is 1.71. The van der Waals surface area contributed by atoms with Gasteiger partial charge in [0, 0.05) is 12.1 Å². The summed E-state index contributed by atoms with van der Waals surface area (Å²) < 4.78 is 5.37. The van der Waals surface area contributed by atoms with Gasteiger partial charge in [-0.25, -0.2) is 4.98 Å². The number of ether oxygens (including phenoxy) is 1. The van der Waals surface area contributed by atoms with E-state index in [0.717, 1.165) is 17.1 Å². The molecule has 0 aliphatic heterocycles. The third-order valence-electron chi connectivity index (χ3n) is 2.72. The monoisotopic (exact) mass is 274 g/mol. The Bertz CT molecular complexity index is 567. The molecule has 0 spiro atoms. The molecule has 20 heavy (non-hydrogen) atoms. The van der Waals surface area contributed by atoms with Crippen LogP contribution in [-0.4, -0.2) is 11.5 Å². The topological polar surface area (TPSA) is 78.5 Å². The summed E-state index contributed by atoms with van der Waals surface area (Å²) in [5.41, 5.74) is 1.14. The van der Waals surface area contributed by atoms with Gasteiger partial charge < -0.3 is 4.74 Å². The van der Waals surface area contributed by atoms with Crippen molar-refractivity contribution < 1.29 is 14.6 Å². The van der Waals surface area contributed by atoms with Crippen LogP contribution in [0, 0.1) is 10.1 Å². The van der Waals surface area contributed by atoms with Crippen LogP contribution in [0.1, 0.15) is 12.5 Å². The van der Waals surface area contributed by atoms with Crippen LogP contribution in [0.4, 0.5) is 11.5 Å². The number of hydrogen-bond acceptors (Lipinski definition) is 4. The molecule has 0 aliphatic carbocycles. The Labute approximate surface area is 116 Å². The number of nitrogens with zero attached hydrogens (tertiary/aromatic N) is 1. The lowest BCUT2D eigenvalue weighted by Gasteiger charge is -2.04. The van der Waals surface area contributed by atoms with Gasteiger partial charge in [0.05, 0.1) is 11.5 Å². The molecule has 1 aromatic carbocycles. The minimum absolute atomic E-state index is 0.0385. The van der Waals surface area contributed by atoms with Gasteiger partial charge in [0.15, 0.2) is 6.20 Å². The molecule has 1 aromatic heterocycles. The largest absolute Gasteiger partial charge is 0.494 e. The lowest BCUT2D eigenvalue weighted by molar-refractivity contribution is -0.413. The Morgan fingerprint density at radius 3 is 2.55 bits per heavy atom. The highest BCUT2D eigenvalue weighted by Crippen LogP contribution is 2.13. The molecule has 0 atom stereocenters. The molecule has 0 amide bonds. The predicted molar refractivity (Wildman–Crippen MR) is 74.6 cm³/mol. The average molecular weight is 274 g/mol. The lowest BCUT2D eigenvalue weighted by atomic mass is 10.2. The van der Waals surface area contributed by atoms with Crippen LogP contribution in [0.2, 0.25) is 0 Å². The predicted octanol–water partition coefficient (Wildman–Crippen LogP) is 2.42. The molecule has 6 heteroatoms. The molecule has 1 heterocycles. The minimum atomic E-state index is -0.438. The SMILES string of the molecule is CCOc1ccc(CNc2ccc([N+](=O)[O-])c[nH+]2)cc1. The van der Waals surface area contributed by atoms with Gasteiger partial charge in [0.2, 0.25) is 0 Å². The summed E-state index contributed by atoms with van der Waals surface area (Å²) in [7, 11) is 0. The Morgan fingerprint density at radius 2 is 2.00 bits per heavy atom. The summed E-state index contributed by atoms with van der Waals surface area (Å²) in [6.45, 7) is 3.22. The number of aromatic amines is 1. The van der Waals surface area contributed by atoms with Gasteiger partial charge in [-0.2, -0.15) is 0 Å². The highest BCUT2D eigenvalue weighted by Gasteiger charge is 2.08. The normalized spacial score (nSPS) is 10.1. The van der Waals surface area contributed by atoms with Crippen molar-refractivity contribution in [2.45, 2.75) is 13.5 Å². The third kappa shape index (κ3) is 3.68. The van der Waals surface area contributed by atoms with Crippen LogP contribution in [0.5, 0.6) is 5.75 Å². The zero-order valence-corrected chi connectivity index (χ0v) is 11.1. The van der Waals surface area contributed by atoms with E-state index in [2.05, 4.69) is 10.3 Å². The van der Waals surface area contributed by atoms with Crippen molar-refractivity contribution in [1.29, 1.82) is 0 Å². The first-order chi connectivity index (χ1) is 9.69. The van der Waals surface area contributed by atoms with Crippen molar-refractivity contribution in [1.82, 2.24) is 0 Å². The molecular weight excluding hydrogens is 258 g/mol. The number of pyridine rings is 1. The third-order valence-corrected chi connectivity index (χ3v) is 2.72. The Kier molecular flexibility index (Phi) is 4.49. The molecule has 2 rings (SSSR count). The molecule has 0 radical (unpaired) electrons. The number of rotatable bonds is 6. The fourth-order valence-electron chi connectivity index (χ4n) is 1.71. The van der Waals surface area contributed by atoms with E-state index in [1.807, 2.05) is 31.2 Å². The number of H-pyrrole nitrogens is 1. The van der Waals surface area contributed by atoms with Crippen LogP contribution in [0.15, 0.2) is 42.6 Å². The van der Waals surface area contributed by atoms with Gasteiger partial charge in [0.25, 0.3) is 5.82 Å². The first-order valence-corrected chi connectivity index (χ1v) is 6.31. The van der Waals surface area contributed by atoms with E-state index < -0.39 is 4.92 Å². The molecule has 6 nitrogen and oxygen atoms in total. The zero-order chi connectivity index (χ0) is 14.4. The molecule has 0 saturated carbocycles. The summed E-state index contributed by atoms with van der Waals surface area (Å²) in [4.78, 5) is 12.9. The molecular formula is C14H16N3O3+. The summed E-state index contributed by atoms with van der Waals surface area (Å²) in [5, 5.41) is 13.7. The highest BCUT2D eigenvalue weighted by atomic mass is 16.6. The van der Waals surface area contributed by atoms with Gasteiger partial charge >= 0.3 is 5.69 Å². The number of aromatic nitrogens is 1. The summed E-state index contributed by atoms with van der Waals surface area (Å²) in [5.74, 6) is 1.57. The van der Waals surface area contributed by atoms with Crippen LogP contribution in [0.25, 0.3) is 0 Å². The maximum atomic E-state index is 10.5. The van der Waals surface area contributed by atoms with Gasteiger partial charge in [-0.05, 0) is 24.6 Å². The minimum Gasteiger partial charge on any atom is -0.494 e. The van der Waals surface area contributed by atoms with Crippen molar-refractivity contribution in [3.8, 4) is 5.75 Å². The van der Waals surface area contributed by atoms with Crippen molar-refractivity contribution in [3.05, 3.63) is 58.3 Å². The number of anilines is 1. The van der Waals surface area contributed by atoms with Crippen molar-refractivity contribution >= 4 is 11.5 Å². The van der Waals surface area contributed by atoms with Crippen LogP contribution >= 0.6 is 0 Å². The number of benzene rings is 1. The summed E-state index contributed by atoms with van der Waals surface area (Å²) in [6.07, 6.45) is 1.36. The van der Waals surface area contributed by atoms with E-state index in [9.17, 15) is 10.1 Å². The van der Waals surface area contributed by atoms with E-state index in [1.54, 1.807) is 6.07 Å². The van der Waals surface area contributed by atoms with Gasteiger partial charge in [0.1, 0.15) is 12.3 Å². The average Bonchev–Trinajstić information content (AvgIpc) is 2.47. The fraction of sp³-hybridized carbons (Fsp3) is 0.214. The quantitative estimate of drug-likeness (QED) is 0.648. The number of nitrogens with one attached hydrogen (secondary N) is 2. The summed E-state index contributed by atoms with van der Waals surface area (Å²) in [6, 6.07) is 10.9. The van der Waals surface area contributed by atoms with E-state index >= 15 is 0 Å². The highest BCUT2D eigenvalue weighted by molar-refractivity contribution is 5.36. The van der Waals surface area contributed by atoms with Gasteiger partial charge in [-0.1, -0.05) is 12.1 Å². The van der Waals surface area contributed by atoms with Crippen LogP contribution < -0.4 is 15.0 Å². The van der Waals surface area contributed by atoms with Crippen molar-refractivity contribution in [3.63, 3.8) is 0 Å². The first kappa shape index (κ1) is 13.8. The Hall–Kier alpha value is -2.63. The van der Waals surface area contributed by atoms with Gasteiger partial charge in [-0.15, -0.1) is 0 Å². The van der Waals surface area contributed by atoms with E-state index in [4.69, 9.17) is 4.74 Å². The molecule has 0 unspecified atom stereocenters. The number of nitro groups is 1. The van der Waals surface area contributed by atoms with E-state index in [0.29, 0.717) is 13.2 Å². The zero-order valence-electron chi connectivity index (χ0n) is 11.1. The molecule has 2 N–H and O–H groups in total. The Balaban J connectivity index is 1.92. The summed E-state index contributed by atoms with van der Waals surface area (Å²) >= 11 is 0. The van der Waals surface area contributed by atoms with Crippen LogP contribution in [-0.2, 0) is 6.54 Å². The second-order valence-electron chi connectivity index (χ2n) is 4.15.